The van der Waals surface area contributed by atoms with Gasteiger partial charge in [-0.2, -0.15) is 0 Å². The van der Waals surface area contributed by atoms with Crippen LogP contribution in [-0.4, -0.2) is 22.4 Å². The van der Waals surface area contributed by atoms with Crippen LogP contribution in [-0.2, 0) is 0 Å². The van der Waals surface area contributed by atoms with Crippen molar-refractivity contribution in [3.05, 3.63) is 0 Å². The van der Waals surface area contributed by atoms with Crippen LogP contribution in [0.1, 0.15) is 72.1 Å². The van der Waals surface area contributed by atoms with Crippen molar-refractivity contribution in [2.24, 2.45) is 40.4 Å². The van der Waals surface area contributed by atoms with Gasteiger partial charge in [0.1, 0.15) is 0 Å². The molecule has 0 bridgehead atoms. The van der Waals surface area contributed by atoms with E-state index in [0.29, 0.717) is 17.3 Å². The Balaban J connectivity index is 1.64. The van der Waals surface area contributed by atoms with Gasteiger partial charge in [0.15, 0.2) is 0 Å². The highest BCUT2D eigenvalue weighted by atomic mass is 16.3. The van der Waals surface area contributed by atoms with Crippen molar-refractivity contribution in [2.75, 3.05) is 0 Å². The molecule has 0 saturated heterocycles. The van der Waals surface area contributed by atoms with Crippen molar-refractivity contribution >= 4 is 0 Å². The molecule has 2 nitrogen and oxygen atoms in total. The molecule has 22 heavy (non-hydrogen) atoms. The molecule has 9 atom stereocenters. The highest BCUT2D eigenvalue weighted by Crippen LogP contribution is 2.66. The van der Waals surface area contributed by atoms with Crippen LogP contribution >= 0.6 is 0 Å². The van der Waals surface area contributed by atoms with Gasteiger partial charge in [-0.1, -0.05) is 20.8 Å². The first-order valence-electron chi connectivity index (χ1n) is 9.74. The predicted octanol–water partition coefficient (Wildman–Crippen LogP) is 4.00. The van der Waals surface area contributed by atoms with Gasteiger partial charge >= 0.3 is 0 Å². The van der Waals surface area contributed by atoms with Crippen LogP contribution in [0.4, 0.5) is 0 Å². The summed E-state index contributed by atoms with van der Waals surface area (Å²) in [5.74, 6) is 3.61. The molecule has 0 aliphatic heterocycles. The maximum absolute atomic E-state index is 10.5. The Kier molecular flexibility index (Phi) is 3.48. The number of hydrogen-bond acceptors (Lipinski definition) is 2. The predicted molar refractivity (Wildman–Crippen MR) is 88.3 cm³/mol. The monoisotopic (exact) mass is 306 g/mol. The van der Waals surface area contributed by atoms with E-state index in [1.54, 1.807) is 0 Å². The highest BCUT2D eigenvalue weighted by molar-refractivity contribution is 5.10. The topological polar surface area (TPSA) is 40.5 Å². The molecule has 0 amide bonds. The maximum atomic E-state index is 10.5. The Bertz CT molecular complexity index is 449. The van der Waals surface area contributed by atoms with Crippen molar-refractivity contribution in [3.63, 3.8) is 0 Å². The molecule has 0 aromatic rings. The number of aliphatic hydroxyl groups is 2. The van der Waals surface area contributed by atoms with Crippen molar-refractivity contribution in [2.45, 2.75) is 84.3 Å². The van der Waals surface area contributed by atoms with Crippen LogP contribution < -0.4 is 0 Å². The van der Waals surface area contributed by atoms with Crippen molar-refractivity contribution in [1.29, 1.82) is 0 Å². The van der Waals surface area contributed by atoms with Gasteiger partial charge in [-0.05, 0) is 91.8 Å². The van der Waals surface area contributed by atoms with Crippen LogP contribution in [0.15, 0.2) is 0 Å². The molecule has 4 rings (SSSR count). The minimum atomic E-state index is -0.0724. The van der Waals surface area contributed by atoms with E-state index >= 15 is 0 Å². The zero-order chi connectivity index (χ0) is 15.7. The molecule has 4 saturated carbocycles. The van der Waals surface area contributed by atoms with E-state index in [4.69, 9.17) is 0 Å². The summed E-state index contributed by atoms with van der Waals surface area (Å²) >= 11 is 0. The molecule has 0 spiro atoms. The van der Waals surface area contributed by atoms with E-state index in [-0.39, 0.29) is 17.6 Å². The summed E-state index contributed by atoms with van der Waals surface area (Å²) in [6.07, 6.45) is 9.54. The molecule has 4 aliphatic carbocycles. The second kappa shape index (κ2) is 4.96. The first kappa shape index (κ1) is 15.4. The lowest BCUT2D eigenvalue weighted by Gasteiger charge is -2.62. The summed E-state index contributed by atoms with van der Waals surface area (Å²) in [4.78, 5) is 0. The molecule has 0 heterocycles. The summed E-state index contributed by atoms with van der Waals surface area (Å²) in [7, 11) is 0. The fourth-order valence-electron chi connectivity index (χ4n) is 7.68. The van der Waals surface area contributed by atoms with Crippen molar-refractivity contribution < 1.29 is 10.2 Å². The average Bonchev–Trinajstić information content (AvgIpc) is 2.79. The number of fused-ring (bicyclic) bond motifs is 5. The van der Waals surface area contributed by atoms with E-state index in [1.807, 2.05) is 0 Å². The molecule has 126 valence electrons. The minimum Gasteiger partial charge on any atom is -0.393 e. The van der Waals surface area contributed by atoms with Gasteiger partial charge in [0.2, 0.25) is 0 Å². The molecular weight excluding hydrogens is 272 g/mol. The Morgan fingerprint density at radius 2 is 1.36 bits per heavy atom. The van der Waals surface area contributed by atoms with Crippen LogP contribution in [0.2, 0.25) is 0 Å². The quantitative estimate of drug-likeness (QED) is 0.710. The third-order valence-electron chi connectivity index (χ3n) is 9.11. The first-order chi connectivity index (χ1) is 10.4. The Morgan fingerprint density at radius 3 is 2.14 bits per heavy atom. The van der Waals surface area contributed by atoms with E-state index in [9.17, 15) is 10.2 Å². The van der Waals surface area contributed by atoms with Crippen LogP contribution in [0.5, 0.6) is 0 Å². The lowest BCUT2D eigenvalue weighted by atomic mass is 9.44. The van der Waals surface area contributed by atoms with Gasteiger partial charge in [-0.3, -0.25) is 0 Å². The highest BCUT2D eigenvalue weighted by Gasteiger charge is 2.60. The smallest absolute Gasteiger partial charge is 0.0596 e. The van der Waals surface area contributed by atoms with E-state index in [2.05, 4.69) is 20.8 Å². The van der Waals surface area contributed by atoms with E-state index in [1.165, 1.54) is 38.5 Å². The lowest BCUT2D eigenvalue weighted by molar-refractivity contribution is -0.152. The number of rotatable bonds is 0. The SMILES string of the molecule is C[C@@H]1[C@@H](O)CC[C@@]2(C)[C@H]1CC[C@@H]1[C@@H]2CC[C@]2(C)[C@@H](O)CC[C@@H]12. The minimum absolute atomic E-state index is 0.0592. The van der Waals surface area contributed by atoms with Gasteiger partial charge in [-0.25, -0.2) is 0 Å². The second-order valence-corrected chi connectivity index (χ2v) is 9.67. The Labute approximate surface area is 135 Å². The second-order valence-electron chi connectivity index (χ2n) is 9.67. The maximum Gasteiger partial charge on any atom is 0.0596 e. The zero-order valence-electron chi connectivity index (χ0n) is 14.6. The van der Waals surface area contributed by atoms with E-state index in [0.717, 1.165) is 30.6 Å². The Hall–Kier alpha value is -0.0800. The number of aliphatic hydroxyl groups excluding tert-OH is 2. The molecule has 4 aliphatic rings. The summed E-state index contributed by atoms with van der Waals surface area (Å²) < 4.78 is 0. The third-order valence-corrected chi connectivity index (χ3v) is 9.11. The molecular formula is C20H34O2. The normalized spacial score (nSPS) is 61.2. The van der Waals surface area contributed by atoms with Gasteiger partial charge in [-0.15, -0.1) is 0 Å². The number of hydrogen-bond donors (Lipinski definition) is 2. The first-order valence-corrected chi connectivity index (χ1v) is 9.74. The van der Waals surface area contributed by atoms with Gasteiger partial charge < -0.3 is 10.2 Å². The molecule has 4 fully saturated rings. The molecule has 2 N–H and O–H groups in total. The molecule has 0 unspecified atom stereocenters. The average molecular weight is 306 g/mol. The summed E-state index contributed by atoms with van der Waals surface area (Å²) in [5.41, 5.74) is 0.639. The lowest BCUT2D eigenvalue weighted by Crippen LogP contribution is -2.56. The van der Waals surface area contributed by atoms with E-state index < -0.39 is 0 Å². The molecule has 0 aromatic heterocycles. The van der Waals surface area contributed by atoms with Crippen molar-refractivity contribution in [1.82, 2.24) is 0 Å². The zero-order valence-corrected chi connectivity index (χ0v) is 14.6. The summed E-state index contributed by atoms with van der Waals surface area (Å²) in [6.45, 7) is 7.21. The van der Waals surface area contributed by atoms with Crippen LogP contribution in [0.25, 0.3) is 0 Å². The molecule has 2 heteroatoms. The molecule has 0 radical (unpaired) electrons. The van der Waals surface area contributed by atoms with Crippen molar-refractivity contribution in [3.8, 4) is 0 Å². The Morgan fingerprint density at radius 1 is 0.727 bits per heavy atom. The fourth-order valence-corrected chi connectivity index (χ4v) is 7.68. The van der Waals surface area contributed by atoms with Gasteiger partial charge in [0, 0.05) is 0 Å². The van der Waals surface area contributed by atoms with Gasteiger partial charge in [0.05, 0.1) is 12.2 Å². The summed E-state index contributed by atoms with van der Waals surface area (Å²) in [5, 5.41) is 20.8. The van der Waals surface area contributed by atoms with Gasteiger partial charge in [0.25, 0.3) is 0 Å². The molecule has 0 aromatic carbocycles. The fraction of sp³-hybridized carbons (Fsp3) is 1.00. The standard InChI is InChI=1S/C20H34O2/c1-12-14-5-4-13-15-6-7-18(22)20(15,3)10-8-16(13)19(14,2)11-9-17(12)21/h12-18,21-22H,4-11H2,1-3H3/t12-,13-,14-,15-,16-,17-,18-,19-,20-/m0/s1. The summed E-state index contributed by atoms with van der Waals surface area (Å²) in [6, 6.07) is 0. The van der Waals surface area contributed by atoms with Crippen LogP contribution in [0.3, 0.4) is 0 Å². The largest absolute Gasteiger partial charge is 0.393 e. The third kappa shape index (κ3) is 1.86. The van der Waals surface area contributed by atoms with Crippen LogP contribution in [0, 0.1) is 40.4 Å².